The highest BCUT2D eigenvalue weighted by molar-refractivity contribution is 6.71. The summed E-state index contributed by atoms with van der Waals surface area (Å²) >= 11 is 0. The van der Waals surface area contributed by atoms with Gasteiger partial charge in [0.05, 0.1) is 0 Å². The summed E-state index contributed by atoms with van der Waals surface area (Å²) in [4.78, 5) is 22.7. The Balaban J connectivity index is 3.91. The van der Waals surface area contributed by atoms with E-state index in [1.807, 2.05) is 39.3 Å². The lowest BCUT2D eigenvalue weighted by atomic mass is 10.3. The Morgan fingerprint density at radius 1 is 0.944 bits per heavy atom. The predicted octanol–water partition coefficient (Wildman–Crippen LogP) is 3.08. The summed E-state index contributed by atoms with van der Waals surface area (Å²) in [6.07, 6.45) is 3.86. The molecule has 0 radical (unpaired) electrons. The molecule has 104 valence electrons. The highest BCUT2D eigenvalue weighted by atomic mass is 28.4. The molecule has 0 unspecified atom stereocenters. The Bertz CT molecular complexity index is 324. The van der Waals surface area contributed by atoms with Crippen molar-refractivity contribution < 1.29 is 18.4 Å². The second-order valence-electron chi connectivity index (χ2n) is 6.06. The van der Waals surface area contributed by atoms with Gasteiger partial charge in [-0.15, -0.1) is 0 Å². The molecule has 0 aliphatic heterocycles. The van der Waals surface area contributed by atoms with Gasteiger partial charge in [0.1, 0.15) is 0 Å². The molecule has 0 aliphatic carbocycles. The smallest absolute Gasteiger partial charge is 0.317 e. The maximum absolute atomic E-state index is 11.4. The molecule has 0 heterocycles. The van der Waals surface area contributed by atoms with Gasteiger partial charge in [0.2, 0.25) is 16.6 Å². The number of carbonyl (C=O) groups excluding carboxylic acids is 2. The summed E-state index contributed by atoms with van der Waals surface area (Å²) in [6, 6.07) is 0. The van der Waals surface area contributed by atoms with E-state index in [4.69, 9.17) is 8.85 Å². The standard InChI is InChI=1S/C12H24O4Si2/c1-17(2,3)15-11(13)9-7-8-10-12(14)16-18(4,5)6/h7,9H,8,10H2,1-6H3/b9-7-. The van der Waals surface area contributed by atoms with Gasteiger partial charge in [0, 0.05) is 12.5 Å². The van der Waals surface area contributed by atoms with Crippen molar-refractivity contribution in [3.8, 4) is 0 Å². The van der Waals surface area contributed by atoms with Crippen molar-refractivity contribution in [3.63, 3.8) is 0 Å². The zero-order valence-electron chi connectivity index (χ0n) is 12.2. The van der Waals surface area contributed by atoms with Crippen molar-refractivity contribution in [2.75, 3.05) is 0 Å². The molecule has 0 aromatic heterocycles. The molecular weight excluding hydrogens is 264 g/mol. The van der Waals surface area contributed by atoms with E-state index in [9.17, 15) is 9.59 Å². The Morgan fingerprint density at radius 3 is 1.89 bits per heavy atom. The molecule has 4 nitrogen and oxygen atoms in total. The normalized spacial score (nSPS) is 12.6. The van der Waals surface area contributed by atoms with Crippen LogP contribution in [0.15, 0.2) is 12.2 Å². The van der Waals surface area contributed by atoms with Gasteiger partial charge in [-0.3, -0.25) is 4.79 Å². The number of allylic oxidation sites excluding steroid dienone is 1. The van der Waals surface area contributed by atoms with Crippen LogP contribution in [-0.2, 0) is 18.4 Å². The first kappa shape index (κ1) is 17.1. The van der Waals surface area contributed by atoms with Crippen LogP contribution >= 0.6 is 0 Å². The molecule has 0 saturated carbocycles. The van der Waals surface area contributed by atoms with E-state index in [0.717, 1.165) is 0 Å². The third-order valence-corrected chi connectivity index (χ3v) is 3.25. The summed E-state index contributed by atoms with van der Waals surface area (Å²) in [5, 5.41) is 0. The average molecular weight is 288 g/mol. The molecule has 0 spiro atoms. The first-order valence-corrected chi connectivity index (χ1v) is 12.9. The van der Waals surface area contributed by atoms with Crippen molar-refractivity contribution >= 4 is 28.6 Å². The van der Waals surface area contributed by atoms with Crippen LogP contribution in [0.4, 0.5) is 0 Å². The molecular formula is C12H24O4Si2. The second kappa shape index (κ2) is 6.89. The lowest BCUT2D eigenvalue weighted by Gasteiger charge is -2.16. The Kier molecular flexibility index (Phi) is 6.55. The van der Waals surface area contributed by atoms with Crippen LogP contribution in [0.5, 0.6) is 0 Å². The first-order chi connectivity index (χ1) is 7.99. The van der Waals surface area contributed by atoms with E-state index in [2.05, 4.69) is 0 Å². The number of carbonyl (C=O) groups is 2. The predicted molar refractivity (Wildman–Crippen MR) is 77.3 cm³/mol. The molecule has 18 heavy (non-hydrogen) atoms. The average Bonchev–Trinajstić information content (AvgIpc) is 2.06. The third kappa shape index (κ3) is 11.6. The summed E-state index contributed by atoms with van der Waals surface area (Å²) in [5.74, 6) is -0.523. The van der Waals surface area contributed by atoms with E-state index in [1.165, 1.54) is 6.08 Å². The largest absolute Gasteiger partial charge is 0.520 e. The minimum Gasteiger partial charge on any atom is -0.520 e. The molecule has 0 atom stereocenters. The first-order valence-electron chi connectivity index (χ1n) is 6.11. The van der Waals surface area contributed by atoms with Gasteiger partial charge in [0.15, 0.2) is 0 Å². The van der Waals surface area contributed by atoms with Crippen LogP contribution in [-0.4, -0.2) is 28.6 Å². The summed E-state index contributed by atoms with van der Waals surface area (Å²) < 4.78 is 10.5. The maximum Gasteiger partial charge on any atom is 0.317 e. The second-order valence-corrected chi connectivity index (χ2v) is 14.9. The van der Waals surface area contributed by atoms with Gasteiger partial charge in [-0.25, -0.2) is 4.79 Å². The SMILES string of the molecule is C[Si](C)(C)OC(=O)/C=C\CCC(=O)O[Si](C)(C)C. The zero-order chi connectivity index (χ0) is 14.4. The third-order valence-electron chi connectivity index (χ3n) is 1.60. The molecule has 0 aliphatic rings. The van der Waals surface area contributed by atoms with Gasteiger partial charge in [-0.1, -0.05) is 6.08 Å². The van der Waals surface area contributed by atoms with Crippen molar-refractivity contribution in [1.29, 1.82) is 0 Å². The van der Waals surface area contributed by atoms with Gasteiger partial charge in [-0.2, -0.15) is 0 Å². The van der Waals surface area contributed by atoms with Crippen LogP contribution in [0.3, 0.4) is 0 Å². The van der Waals surface area contributed by atoms with E-state index in [1.54, 1.807) is 6.08 Å². The summed E-state index contributed by atoms with van der Waals surface area (Å²) in [5.41, 5.74) is 0. The fraction of sp³-hybridized carbons (Fsp3) is 0.667. The maximum atomic E-state index is 11.4. The number of hydrogen-bond acceptors (Lipinski definition) is 4. The topological polar surface area (TPSA) is 52.6 Å². The molecule has 6 heteroatoms. The fourth-order valence-corrected chi connectivity index (χ4v) is 2.57. The quantitative estimate of drug-likeness (QED) is 0.557. The van der Waals surface area contributed by atoms with Gasteiger partial charge >= 0.3 is 5.97 Å². The Labute approximate surface area is 112 Å². The van der Waals surface area contributed by atoms with Crippen LogP contribution in [0.2, 0.25) is 39.3 Å². The monoisotopic (exact) mass is 288 g/mol. The molecule has 0 amide bonds. The molecule has 0 saturated heterocycles. The van der Waals surface area contributed by atoms with Gasteiger partial charge in [-0.05, 0) is 45.7 Å². The Hall–Kier alpha value is -0.886. The lowest BCUT2D eigenvalue weighted by molar-refractivity contribution is -0.135. The molecule has 0 fully saturated rings. The van der Waals surface area contributed by atoms with Crippen LogP contribution in [0.1, 0.15) is 12.8 Å². The van der Waals surface area contributed by atoms with E-state index < -0.39 is 16.6 Å². The number of hydrogen-bond donors (Lipinski definition) is 0. The highest BCUT2D eigenvalue weighted by Crippen LogP contribution is 2.07. The summed E-state index contributed by atoms with van der Waals surface area (Å²) in [7, 11) is -3.61. The minimum atomic E-state index is -1.82. The van der Waals surface area contributed by atoms with Gasteiger partial charge < -0.3 is 8.85 Å². The Morgan fingerprint density at radius 2 is 1.44 bits per heavy atom. The fourth-order valence-electron chi connectivity index (χ4n) is 1.11. The van der Waals surface area contributed by atoms with Crippen molar-refractivity contribution in [3.05, 3.63) is 12.2 Å². The lowest BCUT2D eigenvalue weighted by Crippen LogP contribution is -2.29. The molecule has 0 N–H and O–H groups in total. The van der Waals surface area contributed by atoms with Crippen LogP contribution in [0, 0.1) is 0 Å². The van der Waals surface area contributed by atoms with Crippen LogP contribution in [0.25, 0.3) is 0 Å². The number of rotatable bonds is 6. The van der Waals surface area contributed by atoms with Crippen LogP contribution < -0.4 is 0 Å². The molecule has 0 rings (SSSR count). The molecule has 0 bridgehead atoms. The molecule has 0 aromatic carbocycles. The van der Waals surface area contributed by atoms with E-state index in [-0.39, 0.29) is 11.9 Å². The van der Waals surface area contributed by atoms with E-state index >= 15 is 0 Å². The van der Waals surface area contributed by atoms with Crippen molar-refractivity contribution in [2.45, 2.75) is 52.1 Å². The van der Waals surface area contributed by atoms with Crippen molar-refractivity contribution in [1.82, 2.24) is 0 Å². The van der Waals surface area contributed by atoms with Gasteiger partial charge in [0.25, 0.3) is 5.97 Å². The van der Waals surface area contributed by atoms with Crippen molar-refractivity contribution in [2.24, 2.45) is 0 Å². The minimum absolute atomic E-state index is 0.197. The zero-order valence-corrected chi connectivity index (χ0v) is 14.2. The highest BCUT2D eigenvalue weighted by Gasteiger charge is 2.19. The van der Waals surface area contributed by atoms with E-state index in [0.29, 0.717) is 12.8 Å². The molecule has 0 aromatic rings. The summed E-state index contributed by atoms with van der Waals surface area (Å²) in [6.45, 7) is 11.7.